The van der Waals surface area contributed by atoms with E-state index >= 15 is 14.4 Å². The van der Waals surface area contributed by atoms with Crippen molar-refractivity contribution in [2.75, 3.05) is 65.9 Å². The molecule has 13 atom stereocenters. The molecule has 658 valence electrons. The van der Waals surface area contributed by atoms with Crippen molar-refractivity contribution in [2.45, 2.75) is 231 Å². The first-order valence-corrected chi connectivity index (χ1v) is 42.2. The number of rotatable bonds is 46. The Labute approximate surface area is 706 Å². The van der Waals surface area contributed by atoms with Crippen molar-refractivity contribution < 1.29 is 87.2 Å². The molecule has 2 saturated heterocycles. The number of para-hydroxylation sites is 1. The zero-order valence-electron chi connectivity index (χ0n) is 72.4. The number of carbonyl (C=O) groups is 15. The lowest BCUT2D eigenvalue weighted by molar-refractivity contribution is -0.142. The predicted octanol–water partition coefficient (Wildman–Crippen LogP) is 3.29. The van der Waals surface area contributed by atoms with Crippen LogP contribution in [0.3, 0.4) is 0 Å². The van der Waals surface area contributed by atoms with Gasteiger partial charge in [0.05, 0.1) is 34.7 Å². The van der Waals surface area contributed by atoms with E-state index in [9.17, 15) is 67.7 Å². The van der Waals surface area contributed by atoms with Gasteiger partial charge < -0.3 is 83.7 Å². The number of carboxylic acids is 3. The number of aromatic nitrogens is 1. The number of carbonyl (C=O) groups excluding carboxylic acids is 12. The number of likely N-dealkylation sites (tertiary alicyclic amines) is 2. The van der Waals surface area contributed by atoms with Crippen molar-refractivity contribution in [1.82, 2.24) is 66.7 Å². The van der Waals surface area contributed by atoms with Gasteiger partial charge in [0, 0.05) is 130 Å². The van der Waals surface area contributed by atoms with Crippen molar-refractivity contribution in [1.29, 1.82) is 0 Å². The number of thioether (sulfide) groups is 2. The van der Waals surface area contributed by atoms with E-state index in [1.165, 1.54) is 29.8 Å². The van der Waals surface area contributed by atoms with Crippen LogP contribution in [0.25, 0.3) is 10.9 Å². The highest BCUT2D eigenvalue weighted by Crippen LogP contribution is 2.38. The molecule has 33 nitrogen and oxygen atoms in total. The lowest BCUT2D eigenvalue weighted by atomic mass is 9.74. The Morgan fingerprint density at radius 1 is 0.580 bits per heavy atom. The fraction of sp³-hybridized carbons (Fsp3) is 0.607. The number of benzene rings is 2. The quantitative estimate of drug-likeness (QED) is 0.0285. The van der Waals surface area contributed by atoms with Gasteiger partial charge in [-0.2, -0.15) is 0 Å². The number of hydrogen-bond donors (Lipinski definition) is 13. The van der Waals surface area contributed by atoms with Gasteiger partial charge in [-0.3, -0.25) is 76.9 Å². The molecule has 0 radical (unpaired) electrons. The van der Waals surface area contributed by atoms with Gasteiger partial charge in [-0.15, -0.1) is 23.5 Å². The first-order chi connectivity index (χ1) is 55.3. The lowest BCUT2D eigenvalue weighted by Gasteiger charge is -2.42. The number of aryl methyl sites for hydroxylation is 1. The zero-order chi connectivity index (χ0) is 89.8. The molecule has 3 aromatic rings. The highest BCUT2D eigenvalue weighted by Gasteiger charge is 2.48. The molecule has 0 spiro atoms. The molecule has 2 fully saturated rings. The Kier molecular flexibility index (Phi) is 36.7. The van der Waals surface area contributed by atoms with Crippen LogP contribution in [0.4, 0.5) is 0 Å². The topological polar surface area (TPSA) is 483 Å². The van der Waals surface area contributed by atoms with E-state index in [0.29, 0.717) is 0 Å². The number of nitrogens with two attached hydrogens (primary N) is 2. The fourth-order valence-corrected chi connectivity index (χ4v) is 17.2. The normalized spacial score (nSPS) is 17.9. The first kappa shape index (κ1) is 100. The Bertz CT molecular complexity index is 4250. The molecule has 15 N–H and O–H groups in total. The molecule has 12 amide bonds. The highest BCUT2D eigenvalue weighted by molar-refractivity contribution is 8.01. The second-order valence-electron chi connectivity index (χ2n) is 34.4. The molecule has 0 aliphatic carbocycles. The standard InChI is InChI=1S/C84H127N15O18S2/c1-46(2)58(38-48(4)71(105)92-56(80(116)117)30-31-62(100)89-34-36-98-64(102)41-60(74(98)108)118-44-54(85)78(112)113)96(19)77(111)69(94-73(107)67(88-17)84(14,15)53-43-95(18)57-29-25-24-28-52(53)57)82(10,11)33-32-47(3)59(97(20)76(110)68(81(7,8)9)93-72(106)66(87-16)83(12,13)51-26-22-21-23-27-51)39-49(5)70(104)91-50(6)40-63(101)90-35-37-99-65(103)42-61(75(99)109)119-45-55(86)79(114)115/h21-29,38-39,43,46-47,50,54-56,58-61,66-69,87-88H,30-37,40-42,44-45,85-86H2,1-20H3,(H,89,100)(H,90,101)(H,91,104)(H,92,105)(H,93,106)(H,94,107)(H,112,113)(H,114,115)(H,116,117)/b48-38+,49-39+/t47?,50-,54+,55+,56-,58-,59-,60?,61?,66-,67-,68-,69-/m1/s1. The Balaban J connectivity index is 1.48. The van der Waals surface area contributed by atoms with Crippen LogP contribution < -0.4 is 54.0 Å². The number of amides is 12. The number of aliphatic carboxylic acids is 3. The smallest absolute Gasteiger partial charge is 0.326 e. The summed E-state index contributed by atoms with van der Waals surface area (Å²) < 4.78 is 1.97. The molecular weight excluding hydrogens is 1570 g/mol. The van der Waals surface area contributed by atoms with Gasteiger partial charge in [0.25, 0.3) is 0 Å². The molecule has 3 unspecified atom stereocenters. The number of carboxylic acid groups (broad SMARTS) is 3. The summed E-state index contributed by atoms with van der Waals surface area (Å²) in [6.45, 7) is 26.3. The third kappa shape index (κ3) is 26.7. The summed E-state index contributed by atoms with van der Waals surface area (Å²) in [5, 5.41) is 51.2. The van der Waals surface area contributed by atoms with Gasteiger partial charge in [-0.25, -0.2) is 4.79 Å². The van der Waals surface area contributed by atoms with Crippen LogP contribution in [-0.2, 0) is 89.8 Å². The summed E-state index contributed by atoms with van der Waals surface area (Å²) >= 11 is 1.91. The van der Waals surface area contributed by atoms with Crippen LogP contribution in [0.5, 0.6) is 0 Å². The van der Waals surface area contributed by atoms with E-state index in [1.807, 2.05) is 155 Å². The molecule has 119 heavy (non-hydrogen) atoms. The Morgan fingerprint density at radius 3 is 1.52 bits per heavy atom. The van der Waals surface area contributed by atoms with Crippen molar-refractivity contribution >= 4 is 123 Å². The van der Waals surface area contributed by atoms with Gasteiger partial charge in [0.15, 0.2) is 0 Å². The SMILES string of the molecule is CN[C@H](C(=O)N[C@H](C(=O)N(C)[C@H](/C=C(\C)C(=O)N[C@H](C)CC(=O)NCCN1C(=O)CC(SC[C@H](N)C(=O)O)C1=O)C(C)CCC(C)(C)[C@H](NC(=O)[C@@H](NC)C(C)(C)c1cn(C)c2ccccc12)C(=O)N(C)[C@H](/C=C(\C)C(=O)N[C@H](CCC(=O)NCCN1C(=O)CC(SC[C@H](N)C(=O)O)C1=O)C(=O)O)C(C)C)C(C)(C)C)C(C)(C)c1ccccc1. The number of likely N-dealkylation sites (N-methyl/N-ethyl adjacent to an activating group) is 4. The minimum absolute atomic E-state index is 0.00625. The van der Waals surface area contributed by atoms with Crippen molar-refractivity contribution in [3.8, 4) is 0 Å². The van der Waals surface area contributed by atoms with Crippen LogP contribution in [-0.4, -0.2) is 265 Å². The van der Waals surface area contributed by atoms with Crippen LogP contribution in [0.15, 0.2) is 84.1 Å². The Morgan fingerprint density at radius 2 is 1.03 bits per heavy atom. The largest absolute Gasteiger partial charge is 0.480 e. The number of hydrogen-bond acceptors (Lipinski definition) is 21. The molecule has 1 aromatic heterocycles. The molecule has 0 saturated carbocycles. The highest BCUT2D eigenvalue weighted by atomic mass is 32.2. The molecule has 2 aliphatic rings. The maximum atomic E-state index is 16.0. The van der Waals surface area contributed by atoms with Gasteiger partial charge in [0.2, 0.25) is 70.9 Å². The van der Waals surface area contributed by atoms with Gasteiger partial charge in [-0.1, -0.05) is 144 Å². The van der Waals surface area contributed by atoms with Crippen LogP contribution >= 0.6 is 23.5 Å². The van der Waals surface area contributed by atoms with Crippen molar-refractivity contribution in [2.24, 2.45) is 41.2 Å². The third-order valence-corrected chi connectivity index (χ3v) is 25.1. The summed E-state index contributed by atoms with van der Waals surface area (Å²) in [5.41, 5.74) is 10.1. The van der Waals surface area contributed by atoms with E-state index in [1.54, 1.807) is 41.1 Å². The second kappa shape index (κ2) is 43.6. The molecule has 3 heterocycles. The van der Waals surface area contributed by atoms with E-state index in [4.69, 9.17) is 16.6 Å². The van der Waals surface area contributed by atoms with Gasteiger partial charge in [0.1, 0.15) is 30.2 Å². The van der Waals surface area contributed by atoms with Gasteiger partial charge in [-0.05, 0) is 94.0 Å². The Hall–Kier alpha value is -9.55. The minimum Gasteiger partial charge on any atom is -0.480 e. The molecule has 5 rings (SSSR count). The third-order valence-electron chi connectivity index (χ3n) is 22.5. The average Bonchev–Trinajstić information content (AvgIpc) is 1.65. The van der Waals surface area contributed by atoms with Crippen LogP contribution in [0.1, 0.15) is 160 Å². The van der Waals surface area contributed by atoms with Crippen molar-refractivity contribution in [3.63, 3.8) is 0 Å². The first-order valence-electron chi connectivity index (χ1n) is 40.1. The van der Waals surface area contributed by atoms with E-state index in [0.717, 1.165) is 55.4 Å². The van der Waals surface area contributed by atoms with Gasteiger partial charge >= 0.3 is 17.9 Å². The fourth-order valence-electron chi connectivity index (χ4n) is 14.9. The zero-order valence-corrected chi connectivity index (χ0v) is 74.0. The monoisotopic (exact) mass is 1700 g/mol. The van der Waals surface area contributed by atoms with E-state index < -0.39 is 200 Å². The molecule has 0 bridgehead atoms. The maximum Gasteiger partial charge on any atom is 0.326 e. The number of nitrogens with zero attached hydrogens (tertiary/aromatic N) is 5. The average molecular weight is 1700 g/mol. The number of imide groups is 2. The van der Waals surface area contributed by atoms with E-state index in [2.05, 4.69) is 42.5 Å². The summed E-state index contributed by atoms with van der Waals surface area (Å²) in [6.07, 6.45) is 4.13. The molecule has 2 aromatic carbocycles. The molecule has 35 heteroatoms. The number of fused-ring (bicyclic) bond motifs is 1. The summed E-state index contributed by atoms with van der Waals surface area (Å²) in [5.74, 6) is -12.0. The predicted molar refractivity (Wildman–Crippen MR) is 456 cm³/mol. The summed E-state index contributed by atoms with van der Waals surface area (Å²) in [7, 11) is 8.34. The maximum absolute atomic E-state index is 16.0. The molecular formula is C84H127N15O18S2. The summed E-state index contributed by atoms with van der Waals surface area (Å²) in [4.78, 5) is 209. The van der Waals surface area contributed by atoms with E-state index in [-0.39, 0.29) is 87.4 Å². The van der Waals surface area contributed by atoms with Crippen molar-refractivity contribution in [3.05, 3.63) is 95.2 Å². The summed E-state index contributed by atoms with van der Waals surface area (Å²) in [6, 6.07) is 6.22. The van der Waals surface area contributed by atoms with Crippen LogP contribution in [0, 0.1) is 22.7 Å². The lowest BCUT2D eigenvalue weighted by Crippen LogP contribution is -2.62. The second-order valence-corrected chi connectivity index (χ2v) is 36.9. The minimum atomic E-state index is -1.59. The molecule has 2 aliphatic heterocycles. The number of nitrogens with one attached hydrogen (secondary N) is 8. The van der Waals surface area contributed by atoms with Crippen LogP contribution in [0.2, 0.25) is 0 Å².